The molecule has 1 fully saturated rings. The van der Waals surface area contributed by atoms with E-state index in [2.05, 4.69) is 21.8 Å². The summed E-state index contributed by atoms with van der Waals surface area (Å²) < 4.78 is 0. The molecule has 0 radical (unpaired) electrons. The van der Waals surface area contributed by atoms with Gasteiger partial charge in [0.2, 0.25) is 0 Å². The van der Waals surface area contributed by atoms with Gasteiger partial charge in [0.05, 0.1) is 5.69 Å². The average Bonchev–Trinajstić information content (AvgIpc) is 3.10. The molecule has 126 valence electrons. The van der Waals surface area contributed by atoms with E-state index in [0.717, 1.165) is 52.7 Å². The number of rotatable bonds is 7. The summed E-state index contributed by atoms with van der Waals surface area (Å²) in [7, 11) is 0. The van der Waals surface area contributed by atoms with E-state index in [-0.39, 0.29) is 0 Å². The van der Waals surface area contributed by atoms with Gasteiger partial charge in [0, 0.05) is 41.8 Å². The maximum atomic E-state index is 10.8. The van der Waals surface area contributed by atoms with Crippen LogP contribution in [0.25, 0.3) is 21.6 Å². The van der Waals surface area contributed by atoms with Crippen LogP contribution < -0.4 is 0 Å². The van der Waals surface area contributed by atoms with Crippen LogP contribution in [0.4, 0.5) is 0 Å². The zero-order chi connectivity index (χ0) is 16.5. The predicted molar refractivity (Wildman–Crippen MR) is 96.7 cm³/mol. The number of aliphatic hydroxyl groups excluding tert-OH is 1. The van der Waals surface area contributed by atoms with Crippen LogP contribution >= 0.6 is 11.3 Å². The zero-order valence-corrected chi connectivity index (χ0v) is 14.6. The maximum Gasteiger partial charge on any atom is 0.151 e. The number of aromatic nitrogens is 3. The Morgan fingerprint density at radius 1 is 1.42 bits per heavy atom. The molecule has 1 aliphatic carbocycles. The molecule has 2 N–H and O–H groups in total. The molecule has 1 unspecified atom stereocenters. The fourth-order valence-electron chi connectivity index (χ4n) is 3.10. The van der Waals surface area contributed by atoms with Crippen molar-refractivity contribution in [2.24, 2.45) is 5.92 Å². The third kappa shape index (κ3) is 3.09. The minimum absolute atomic E-state index is 0.612. The number of nitrogens with one attached hydrogen (secondary N) is 1. The smallest absolute Gasteiger partial charge is 0.151 e. The SMILES string of the molecule is CCCN(CC1CC1)C(O)c1csc(-c2ccnc3[nH]ccc23)n1. The summed E-state index contributed by atoms with van der Waals surface area (Å²) in [6.45, 7) is 4.03. The topological polar surface area (TPSA) is 65.0 Å². The largest absolute Gasteiger partial charge is 0.372 e. The molecule has 4 rings (SSSR count). The average molecular weight is 342 g/mol. The van der Waals surface area contributed by atoms with Gasteiger partial charge in [-0.15, -0.1) is 11.3 Å². The lowest BCUT2D eigenvalue weighted by molar-refractivity contribution is -0.00417. The Morgan fingerprint density at radius 3 is 3.08 bits per heavy atom. The fourth-order valence-corrected chi connectivity index (χ4v) is 3.97. The van der Waals surface area contributed by atoms with Crippen molar-refractivity contribution >= 4 is 22.4 Å². The minimum atomic E-state index is -0.612. The Labute approximate surface area is 145 Å². The van der Waals surface area contributed by atoms with Gasteiger partial charge >= 0.3 is 0 Å². The first-order valence-corrected chi connectivity index (χ1v) is 9.44. The molecular formula is C18H22N4OS. The third-order valence-corrected chi connectivity index (χ3v) is 5.42. The predicted octanol–water partition coefficient (Wildman–Crippen LogP) is 3.80. The molecular weight excluding hydrogens is 320 g/mol. The maximum absolute atomic E-state index is 10.8. The van der Waals surface area contributed by atoms with Crippen LogP contribution in [0, 0.1) is 5.92 Å². The monoisotopic (exact) mass is 342 g/mol. The van der Waals surface area contributed by atoms with Crippen LogP contribution in [-0.4, -0.2) is 38.0 Å². The van der Waals surface area contributed by atoms with Crippen LogP contribution in [0.1, 0.15) is 38.1 Å². The fraction of sp³-hybridized carbons (Fsp3) is 0.444. The van der Waals surface area contributed by atoms with E-state index in [1.54, 1.807) is 17.5 Å². The van der Waals surface area contributed by atoms with Crippen LogP contribution in [0.2, 0.25) is 0 Å². The number of pyridine rings is 1. The molecule has 1 aliphatic rings. The molecule has 0 aromatic carbocycles. The molecule has 0 spiro atoms. The van der Waals surface area contributed by atoms with Crippen LogP contribution in [0.5, 0.6) is 0 Å². The first-order chi connectivity index (χ1) is 11.8. The highest BCUT2D eigenvalue weighted by Crippen LogP contribution is 2.34. The first-order valence-electron chi connectivity index (χ1n) is 8.56. The highest BCUT2D eigenvalue weighted by molar-refractivity contribution is 7.13. The quantitative estimate of drug-likeness (QED) is 0.641. The summed E-state index contributed by atoms with van der Waals surface area (Å²) >= 11 is 1.58. The van der Waals surface area contributed by atoms with E-state index in [9.17, 15) is 5.11 Å². The Bertz CT molecular complexity index is 823. The van der Waals surface area contributed by atoms with E-state index in [1.807, 2.05) is 23.7 Å². The number of aromatic amines is 1. The number of thiazole rings is 1. The van der Waals surface area contributed by atoms with Crippen molar-refractivity contribution in [3.63, 3.8) is 0 Å². The van der Waals surface area contributed by atoms with Gasteiger partial charge in [-0.2, -0.15) is 0 Å². The van der Waals surface area contributed by atoms with Gasteiger partial charge in [0.15, 0.2) is 6.23 Å². The van der Waals surface area contributed by atoms with Gasteiger partial charge in [-0.05, 0) is 37.3 Å². The van der Waals surface area contributed by atoms with Crippen LogP contribution in [-0.2, 0) is 0 Å². The minimum Gasteiger partial charge on any atom is -0.372 e. The van der Waals surface area contributed by atoms with E-state index >= 15 is 0 Å². The van der Waals surface area contributed by atoms with Gasteiger partial charge < -0.3 is 10.1 Å². The second-order valence-electron chi connectivity index (χ2n) is 6.49. The van der Waals surface area contributed by atoms with Gasteiger partial charge in [-0.25, -0.2) is 9.97 Å². The molecule has 6 heteroatoms. The molecule has 24 heavy (non-hydrogen) atoms. The Balaban J connectivity index is 1.60. The molecule has 1 saturated carbocycles. The second kappa shape index (κ2) is 6.63. The molecule has 0 aliphatic heterocycles. The summed E-state index contributed by atoms with van der Waals surface area (Å²) in [4.78, 5) is 14.3. The third-order valence-electron chi connectivity index (χ3n) is 4.52. The summed E-state index contributed by atoms with van der Waals surface area (Å²) in [6.07, 6.45) is 6.69. The summed E-state index contributed by atoms with van der Waals surface area (Å²) in [6, 6.07) is 4.00. The molecule has 5 nitrogen and oxygen atoms in total. The summed E-state index contributed by atoms with van der Waals surface area (Å²) in [5.41, 5.74) is 2.68. The number of H-pyrrole nitrogens is 1. The van der Waals surface area contributed by atoms with E-state index < -0.39 is 6.23 Å². The molecule has 0 saturated heterocycles. The molecule has 0 amide bonds. The van der Waals surface area contributed by atoms with Crippen LogP contribution in [0.3, 0.4) is 0 Å². The number of hydrogen-bond acceptors (Lipinski definition) is 5. The molecule has 0 bridgehead atoms. The highest BCUT2D eigenvalue weighted by Gasteiger charge is 2.28. The normalized spacial score (nSPS) is 16.1. The van der Waals surface area contributed by atoms with Gasteiger partial charge in [-0.1, -0.05) is 6.92 Å². The van der Waals surface area contributed by atoms with Crippen molar-refractivity contribution in [2.45, 2.75) is 32.4 Å². The zero-order valence-electron chi connectivity index (χ0n) is 13.8. The van der Waals surface area contributed by atoms with Crippen molar-refractivity contribution in [1.82, 2.24) is 19.9 Å². The first kappa shape index (κ1) is 15.7. The Morgan fingerprint density at radius 2 is 2.29 bits per heavy atom. The molecule has 3 aromatic heterocycles. The standard InChI is InChI=1S/C18H22N4OS/c1-2-9-22(10-12-3-4-12)18(23)15-11-24-17(21-15)14-6-8-20-16-13(14)5-7-19-16/h5-8,11-12,18,23H,2-4,9-10H2,1H3,(H,19,20). The van der Waals surface area contributed by atoms with E-state index in [1.165, 1.54) is 12.8 Å². The van der Waals surface area contributed by atoms with Crippen molar-refractivity contribution in [1.29, 1.82) is 0 Å². The number of nitrogens with zero attached hydrogens (tertiary/aromatic N) is 3. The summed E-state index contributed by atoms with van der Waals surface area (Å²) in [5, 5.41) is 14.7. The molecule has 3 aromatic rings. The van der Waals surface area contributed by atoms with Crippen molar-refractivity contribution in [3.8, 4) is 10.6 Å². The van der Waals surface area contributed by atoms with Gasteiger partial charge in [0.25, 0.3) is 0 Å². The van der Waals surface area contributed by atoms with Crippen molar-refractivity contribution in [3.05, 3.63) is 35.6 Å². The lowest BCUT2D eigenvalue weighted by atomic mass is 10.2. The van der Waals surface area contributed by atoms with Crippen LogP contribution in [0.15, 0.2) is 29.9 Å². The summed E-state index contributed by atoms with van der Waals surface area (Å²) in [5.74, 6) is 0.754. The number of fused-ring (bicyclic) bond motifs is 1. The van der Waals surface area contributed by atoms with Crippen molar-refractivity contribution < 1.29 is 5.11 Å². The lowest BCUT2D eigenvalue weighted by Crippen LogP contribution is -2.31. The van der Waals surface area contributed by atoms with Gasteiger partial charge in [0.1, 0.15) is 10.7 Å². The number of aliphatic hydroxyl groups is 1. The Hall–Kier alpha value is -1.76. The van der Waals surface area contributed by atoms with E-state index in [0.29, 0.717) is 0 Å². The highest BCUT2D eigenvalue weighted by atomic mass is 32.1. The van der Waals surface area contributed by atoms with Crippen molar-refractivity contribution in [2.75, 3.05) is 13.1 Å². The number of hydrogen-bond donors (Lipinski definition) is 2. The lowest BCUT2D eigenvalue weighted by Gasteiger charge is -2.26. The molecule has 3 heterocycles. The van der Waals surface area contributed by atoms with E-state index in [4.69, 9.17) is 4.98 Å². The Kier molecular flexibility index (Phi) is 4.35. The van der Waals surface area contributed by atoms with Gasteiger partial charge in [-0.3, -0.25) is 4.90 Å². The second-order valence-corrected chi connectivity index (χ2v) is 7.35. The molecule has 1 atom stereocenters.